The second-order valence-corrected chi connectivity index (χ2v) is 4.58. The summed E-state index contributed by atoms with van der Waals surface area (Å²) in [6.45, 7) is 3.81. The van der Waals surface area contributed by atoms with E-state index in [1.807, 2.05) is 0 Å². The molecule has 0 aliphatic heterocycles. The number of aromatic amines is 1. The van der Waals surface area contributed by atoms with E-state index >= 15 is 0 Å². The number of hydrogen-bond acceptors (Lipinski definition) is 4. The molecule has 2 aromatic rings. The molecule has 0 aliphatic carbocycles. The number of esters is 1. The van der Waals surface area contributed by atoms with E-state index in [-0.39, 0.29) is 5.97 Å². The van der Waals surface area contributed by atoms with Gasteiger partial charge in [0.25, 0.3) is 0 Å². The standard InChI is InChI=1S/C11H12ClN3O2S/c1-3-17-10(16)6(2)15-9-8(14-11(15)18)4-7(12)5-13-9/h4-6H,3H2,1-2H3,(H,14,18). The Hall–Kier alpha value is -1.40. The summed E-state index contributed by atoms with van der Waals surface area (Å²) >= 11 is 11.0. The molecule has 2 rings (SSSR count). The predicted molar refractivity (Wildman–Crippen MR) is 71.3 cm³/mol. The van der Waals surface area contributed by atoms with Crippen molar-refractivity contribution in [3.05, 3.63) is 22.1 Å². The summed E-state index contributed by atoms with van der Waals surface area (Å²) in [7, 11) is 0. The van der Waals surface area contributed by atoms with E-state index < -0.39 is 6.04 Å². The summed E-state index contributed by atoms with van der Waals surface area (Å²) in [5.74, 6) is -0.341. The van der Waals surface area contributed by atoms with Gasteiger partial charge in [-0.05, 0) is 32.1 Å². The van der Waals surface area contributed by atoms with Gasteiger partial charge in [0.2, 0.25) is 0 Å². The molecule has 0 radical (unpaired) electrons. The van der Waals surface area contributed by atoms with Crippen LogP contribution in [0.3, 0.4) is 0 Å². The van der Waals surface area contributed by atoms with Gasteiger partial charge in [-0.3, -0.25) is 4.57 Å². The Morgan fingerprint density at radius 3 is 3.11 bits per heavy atom. The summed E-state index contributed by atoms with van der Waals surface area (Å²) in [6.07, 6.45) is 1.51. The third-order valence-corrected chi connectivity index (χ3v) is 3.04. The number of nitrogens with one attached hydrogen (secondary N) is 1. The molecule has 96 valence electrons. The average Bonchev–Trinajstić information content (AvgIpc) is 2.63. The molecule has 0 saturated carbocycles. The van der Waals surface area contributed by atoms with Gasteiger partial charge in [0.15, 0.2) is 10.4 Å². The fraction of sp³-hybridized carbons (Fsp3) is 0.364. The van der Waals surface area contributed by atoms with Gasteiger partial charge in [-0.2, -0.15) is 0 Å². The quantitative estimate of drug-likeness (QED) is 0.696. The number of H-pyrrole nitrogens is 1. The van der Waals surface area contributed by atoms with Crippen LogP contribution in [-0.4, -0.2) is 27.1 Å². The summed E-state index contributed by atoms with van der Waals surface area (Å²) < 4.78 is 7.02. The van der Waals surface area contributed by atoms with E-state index in [0.717, 1.165) is 0 Å². The van der Waals surface area contributed by atoms with Gasteiger partial charge >= 0.3 is 5.97 Å². The Bertz CT molecular complexity index is 649. The maximum Gasteiger partial charge on any atom is 0.328 e. The lowest BCUT2D eigenvalue weighted by molar-refractivity contribution is -0.146. The molecule has 0 aromatic carbocycles. The smallest absolute Gasteiger partial charge is 0.328 e. The molecule has 18 heavy (non-hydrogen) atoms. The number of pyridine rings is 1. The molecule has 0 spiro atoms. The number of nitrogens with zero attached hydrogens (tertiary/aromatic N) is 2. The number of halogens is 1. The van der Waals surface area contributed by atoms with Crippen molar-refractivity contribution in [3.8, 4) is 0 Å². The molecule has 1 unspecified atom stereocenters. The van der Waals surface area contributed by atoms with Gasteiger partial charge in [0.1, 0.15) is 6.04 Å². The van der Waals surface area contributed by atoms with E-state index in [1.165, 1.54) is 6.20 Å². The van der Waals surface area contributed by atoms with Gasteiger partial charge in [0, 0.05) is 6.20 Å². The number of ether oxygens (including phenoxy) is 1. The Morgan fingerprint density at radius 1 is 1.72 bits per heavy atom. The van der Waals surface area contributed by atoms with Crippen LogP contribution in [0.4, 0.5) is 0 Å². The number of fused-ring (bicyclic) bond motifs is 1. The molecule has 0 fully saturated rings. The van der Waals surface area contributed by atoms with Gasteiger partial charge in [-0.25, -0.2) is 9.78 Å². The Morgan fingerprint density at radius 2 is 2.44 bits per heavy atom. The van der Waals surface area contributed by atoms with Crippen molar-refractivity contribution in [1.82, 2.24) is 14.5 Å². The second-order valence-electron chi connectivity index (χ2n) is 3.75. The van der Waals surface area contributed by atoms with Crippen molar-refractivity contribution in [3.63, 3.8) is 0 Å². The van der Waals surface area contributed by atoms with E-state index in [1.54, 1.807) is 24.5 Å². The van der Waals surface area contributed by atoms with Crippen LogP contribution in [-0.2, 0) is 9.53 Å². The molecule has 7 heteroatoms. The number of hydrogen-bond donors (Lipinski definition) is 1. The van der Waals surface area contributed by atoms with Crippen LogP contribution < -0.4 is 0 Å². The van der Waals surface area contributed by atoms with Crippen LogP contribution in [0, 0.1) is 4.77 Å². The van der Waals surface area contributed by atoms with Crippen molar-refractivity contribution in [2.45, 2.75) is 19.9 Å². The van der Waals surface area contributed by atoms with Crippen molar-refractivity contribution >= 4 is 41.0 Å². The second kappa shape index (κ2) is 5.07. The monoisotopic (exact) mass is 285 g/mol. The molecule has 0 amide bonds. The summed E-state index contributed by atoms with van der Waals surface area (Å²) in [5.41, 5.74) is 1.29. The minimum atomic E-state index is -0.528. The molecule has 0 saturated heterocycles. The SMILES string of the molecule is CCOC(=O)C(C)n1c(=S)[nH]c2cc(Cl)cnc21. The summed E-state index contributed by atoms with van der Waals surface area (Å²) in [4.78, 5) is 18.9. The minimum Gasteiger partial charge on any atom is -0.464 e. The highest BCUT2D eigenvalue weighted by atomic mass is 35.5. The van der Waals surface area contributed by atoms with Crippen molar-refractivity contribution < 1.29 is 9.53 Å². The first-order chi connectivity index (χ1) is 8.54. The molecule has 0 aliphatic rings. The molecule has 1 atom stereocenters. The lowest BCUT2D eigenvalue weighted by atomic mass is 10.3. The van der Waals surface area contributed by atoms with E-state index in [9.17, 15) is 4.79 Å². The summed E-state index contributed by atoms with van der Waals surface area (Å²) in [5, 5.41) is 0.509. The van der Waals surface area contributed by atoms with Crippen molar-refractivity contribution in [2.24, 2.45) is 0 Å². The molecule has 1 N–H and O–H groups in total. The van der Waals surface area contributed by atoms with Crippen LogP contribution in [0.1, 0.15) is 19.9 Å². The molecule has 2 heterocycles. The highest BCUT2D eigenvalue weighted by Gasteiger charge is 2.20. The Kier molecular flexibility index (Phi) is 3.68. The highest BCUT2D eigenvalue weighted by molar-refractivity contribution is 7.71. The zero-order chi connectivity index (χ0) is 13.3. The van der Waals surface area contributed by atoms with E-state index in [2.05, 4.69) is 9.97 Å². The maximum absolute atomic E-state index is 11.7. The summed E-state index contributed by atoms with van der Waals surface area (Å²) in [6, 6.07) is 1.19. The minimum absolute atomic E-state index is 0.331. The highest BCUT2D eigenvalue weighted by Crippen LogP contribution is 2.20. The molecular formula is C11H12ClN3O2S. The number of rotatable bonds is 3. The maximum atomic E-state index is 11.7. The number of carbonyl (C=O) groups is 1. The number of aromatic nitrogens is 3. The zero-order valence-electron chi connectivity index (χ0n) is 9.94. The third kappa shape index (κ3) is 2.26. The first-order valence-corrected chi connectivity index (χ1v) is 6.25. The van der Waals surface area contributed by atoms with E-state index in [4.69, 9.17) is 28.6 Å². The fourth-order valence-corrected chi connectivity index (χ4v) is 2.23. The first kappa shape index (κ1) is 13.0. The van der Waals surface area contributed by atoms with Gasteiger partial charge < -0.3 is 9.72 Å². The van der Waals surface area contributed by atoms with Crippen LogP contribution >= 0.6 is 23.8 Å². The average molecular weight is 286 g/mol. The van der Waals surface area contributed by atoms with Crippen LogP contribution in [0.25, 0.3) is 11.2 Å². The van der Waals surface area contributed by atoms with Gasteiger partial charge in [-0.15, -0.1) is 0 Å². The lowest BCUT2D eigenvalue weighted by Crippen LogP contribution is -2.19. The number of imidazole rings is 1. The lowest BCUT2D eigenvalue weighted by Gasteiger charge is -2.12. The van der Waals surface area contributed by atoms with Crippen molar-refractivity contribution in [1.29, 1.82) is 0 Å². The predicted octanol–water partition coefficient (Wildman–Crippen LogP) is 2.87. The van der Waals surface area contributed by atoms with E-state index in [0.29, 0.717) is 27.6 Å². The fourth-order valence-electron chi connectivity index (χ4n) is 1.72. The topological polar surface area (TPSA) is 59.9 Å². The first-order valence-electron chi connectivity index (χ1n) is 5.47. The van der Waals surface area contributed by atoms with Crippen molar-refractivity contribution in [2.75, 3.05) is 6.61 Å². The number of carbonyl (C=O) groups excluding carboxylic acids is 1. The third-order valence-electron chi connectivity index (χ3n) is 2.54. The molecule has 5 nitrogen and oxygen atoms in total. The molecule has 0 bridgehead atoms. The van der Waals surface area contributed by atoms with Crippen LogP contribution in [0.15, 0.2) is 12.3 Å². The zero-order valence-corrected chi connectivity index (χ0v) is 11.5. The normalized spacial score (nSPS) is 12.6. The largest absolute Gasteiger partial charge is 0.464 e. The Labute approximate surface area is 114 Å². The van der Waals surface area contributed by atoms with Crippen LogP contribution in [0.5, 0.6) is 0 Å². The van der Waals surface area contributed by atoms with Crippen LogP contribution in [0.2, 0.25) is 5.02 Å². The Balaban J connectivity index is 2.54. The van der Waals surface area contributed by atoms with Gasteiger partial charge in [0.05, 0.1) is 17.1 Å². The molecular weight excluding hydrogens is 274 g/mol. The van der Waals surface area contributed by atoms with Gasteiger partial charge in [-0.1, -0.05) is 11.6 Å². The molecule has 2 aromatic heterocycles.